The maximum absolute atomic E-state index is 6.25. The van der Waals surface area contributed by atoms with E-state index in [1.807, 2.05) is 13.1 Å². The Morgan fingerprint density at radius 3 is 2.65 bits per heavy atom. The summed E-state index contributed by atoms with van der Waals surface area (Å²) in [5, 5.41) is 4.37. The van der Waals surface area contributed by atoms with Crippen LogP contribution >= 0.6 is 45.8 Å². The molecule has 1 fully saturated rings. The molecule has 6 heteroatoms. The van der Waals surface area contributed by atoms with Gasteiger partial charge in [0.15, 0.2) is 5.82 Å². The highest BCUT2D eigenvalue weighted by Gasteiger charge is 2.29. The number of hydrogen-bond acceptors (Lipinski definition) is 3. The summed E-state index contributed by atoms with van der Waals surface area (Å²) in [7, 11) is 1.87. The fourth-order valence-electron chi connectivity index (χ4n) is 2.05. The van der Waals surface area contributed by atoms with Gasteiger partial charge in [0.05, 0.1) is 14.3 Å². The fourth-order valence-corrected chi connectivity index (χ4v) is 3.37. The first kappa shape index (κ1) is 14.4. The SMILES string of the molecule is CNc1nc(-c2cc(Cl)ccc2Cl)nc(C2CC2)c1I. The molecule has 104 valence electrons. The topological polar surface area (TPSA) is 37.8 Å². The van der Waals surface area contributed by atoms with Crippen molar-refractivity contribution in [2.45, 2.75) is 18.8 Å². The maximum atomic E-state index is 6.25. The smallest absolute Gasteiger partial charge is 0.163 e. The highest BCUT2D eigenvalue weighted by atomic mass is 127. The zero-order valence-electron chi connectivity index (χ0n) is 10.8. The van der Waals surface area contributed by atoms with Gasteiger partial charge in [-0.05, 0) is 53.6 Å². The summed E-state index contributed by atoms with van der Waals surface area (Å²) in [6, 6.07) is 5.35. The second-order valence-corrected chi connectivity index (χ2v) is 6.67. The predicted molar refractivity (Wildman–Crippen MR) is 91.7 cm³/mol. The Morgan fingerprint density at radius 2 is 2.00 bits per heavy atom. The molecule has 0 bridgehead atoms. The van der Waals surface area contributed by atoms with Crippen molar-refractivity contribution in [2.75, 3.05) is 12.4 Å². The van der Waals surface area contributed by atoms with Gasteiger partial charge in [-0.15, -0.1) is 0 Å². The third-order valence-electron chi connectivity index (χ3n) is 3.25. The molecule has 2 aromatic rings. The van der Waals surface area contributed by atoms with Gasteiger partial charge in [0.25, 0.3) is 0 Å². The van der Waals surface area contributed by atoms with E-state index in [1.54, 1.807) is 12.1 Å². The number of anilines is 1. The van der Waals surface area contributed by atoms with Crippen LogP contribution in [0.15, 0.2) is 18.2 Å². The Bertz CT molecular complexity index is 672. The van der Waals surface area contributed by atoms with Gasteiger partial charge in [-0.25, -0.2) is 9.97 Å². The van der Waals surface area contributed by atoms with Gasteiger partial charge in [0.1, 0.15) is 5.82 Å². The lowest BCUT2D eigenvalue weighted by molar-refractivity contribution is 0.979. The Labute approximate surface area is 141 Å². The molecule has 0 amide bonds. The summed E-state index contributed by atoms with van der Waals surface area (Å²) in [6.45, 7) is 0. The van der Waals surface area contributed by atoms with Gasteiger partial charge in [0.2, 0.25) is 0 Å². The normalized spacial score (nSPS) is 14.4. The van der Waals surface area contributed by atoms with E-state index in [0.29, 0.717) is 21.8 Å². The summed E-state index contributed by atoms with van der Waals surface area (Å²) >= 11 is 14.6. The molecule has 0 saturated heterocycles. The highest BCUT2D eigenvalue weighted by molar-refractivity contribution is 14.1. The summed E-state index contributed by atoms with van der Waals surface area (Å²) in [4.78, 5) is 9.27. The number of aromatic nitrogens is 2. The van der Waals surface area contributed by atoms with Crippen molar-refractivity contribution in [3.05, 3.63) is 37.5 Å². The molecule has 1 aromatic carbocycles. The van der Waals surface area contributed by atoms with Crippen molar-refractivity contribution in [3.8, 4) is 11.4 Å². The van der Waals surface area contributed by atoms with Gasteiger partial charge >= 0.3 is 0 Å². The van der Waals surface area contributed by atoms with Crippen molar-refractivity contribution >= 4 is 51.6 Å². The number of nitrogens with zero attached hydrogens (tertiary/aromatic N) is 2. The number of hydrogen-bond donors (Lipinski definition) is 1. The van der Waals surface area contributed by atoms with Crippen molar-refractivity contribution < 1.29 is 0 Å². The molecule has 1 heterocycles. The minimum atomic E-state index is 0.550. The van der Waals surface area contributed by atoms with E-state index in [2.05, 4.69) is 32.9 Å². The van der Waals surface area contributed by atoms with Crippen molar-refractivity contribution in [3.63, 3.8) is 0 Å². The van der Waals surface area contributed by atoms with Gasteiger partial charge in [-0.1, -0.05) is 23.2 Å². The second-order valence-electron chi connectivity index (χ2n) is 4.74. The van der Waals surface area contributed by atoms with Crippen LogP contribution in [0.2, 0.25) is 10.0 Å². The van der Waals surface area contributed by atoms with E-state index in [4.69, 9.17) is 28.2 Å². The zero-order valence-corrected chi connectivity index (χ0v) is 14.4. The summed E-state index contributed by atoms with van der Waals surface area (Å²) in [5.74, 6) is 2.02. The molecule has 0 unspecified atom stereocenters. The molecule has 1 saturated carbocycles. The van der Waals surface area contributed by atoms with E-state index >= 15 is 0 Å². The first-order chi connectivity index (χ1) is 9.60. The molecular weight excluding hydrogens is 408 g/mol. The third kappa shape index (κ3) is 2.73. The maximum Gasteiger partial charge on any atom is 0.163 e. The van der Waals surface area contributed by atoms with Gasteiger partial charge in [0, 0.05) is 23.6 Å². The molecule has 20 heavy (non-hydrogen) atoms. The van der Waals surface area contributed by atoms with E-state index in [1.165, 1.54) is 12.8 Å². The van der Waals surface area contributed by atoms with Gasteiger partial charge in [-0.2, -0.15) is 0 Å². The van der Waals surface area contributed by atoms with Crippen LogP contribution in [0.3, 0.4) is 0 Å². The third-order valence-corrected chi connectivity index (χ3v) is 4.88. The fraction of sp³-hybridized carbons (Fsp3) is 0.286. The number of rotatable bonds is 3. The number of benzene rings is 1. The zero-order chi connectivity index (χ0) is 14.3. The average molecular weight is 420 g/mol. The largest absolute Gasteiger partial charge is 0.372 e. The average Bonchev–Trinajstić information content (AvgIpc) is 3.26. The van der Waals surface area contributed by atoms with Crippen LogP contribution in [0.25, 0.3) is 11.4 Å². The summed E-state index contributed by atoms with van der Waals surface area (Å²) in [6.07, 6.45) is 2.39. The quantitative estimate of drug-likeness (QED) is 0.713. The van der Waals surface area contributed by atoms with E-state index in [-0.39, 0.29) is 0 Å². The van der Waals surface area contributed by atoms with Crippen LogP contribution < -0.4 is 5.32 Å². The Balaban J connectivity index is 2.18. The molecular formula is C14H12Cl2IN3. The summed E-state index contributed by atoms with van der Waals surface area (Å²) in [5.41, 5.74) is 1.88. The molecule has 0 aliphatic heterocycles. The van der Waals surface area contributed by atoms with Crippen molar-refractivity contribution in [2.24, 2.45) is 0 Å². The standard InChI is InChI=1S/C14H12Cl2IN3/c1-18-14-11(17)12(7-2-3-7)19-13(20-14)9-6-8(15)4-5-10(9)16/h4-7H,2-3H2,1H3,(H,18,19,20). The van der Waals surface area contributed by atoms with Crippen LogP contribution in [-0.2, 0) is 0 Å². The molecule has 0 spiro atoms. The van der Waals surface area contributed by atoms with Crippen molar-refractivity contribution in [1.29, 1.82) is 0 Å². The van der Waals surface area contributed by atoms with Crippen LogP contribution in [0.4, 0.5) is 5.82 Å². The molecule has 1 aliphatic rings. The lowest BCUT2D eigenvalue weighted by atomic mass is 10.2. The minimum absolute atomic E-state index is 0.550. The minimum Gasteiger partial charge on any atom is -0.372 e. The first-order valence-electron chi connectivity index (χ1n) is 6.30. The molecule has 1 aliphatic carbocycles. The molecule has 0 atom stereocenters. The van der Waals surface area contributed by atoms with E-state index in [0.717, 1.165) is 20.6 Å². The lowest BCUT2D eigenvalue weighted by Gasteiger charge is -2.11. The highest BCUT2D eigenvalue weighted by Crippen LogP contribution is 2.43. The Morgan fingerprint density at radius 1 is 1.25 bits per heavy atom. The van der Waals surface area contributed by atoms with Crippen molar-refractivity contribution in [1.82, 2.24) is 9.97 Å². The predicted octanol–water partition coefficient (Wildman–Crippen LogP) is 4.97. The van der Waals surface area contributed by atoms with E-state index < -0.39 is 0 Å². The lowest BCUT2D eigenvalue weighted by Crippen LogP contribution is -2.05. The monoisotopic (exact) mass is 419 g/mol. The number of nitrogens with one attached hydrogen (secondary N) is 1. The summed E-state index contributed by atoms with van der Waals surface area (Å²) < 4.78 is 1.09. The van der Waals surface area contributed by atoms with Crippen LogP contribution in [0, 0.1) is 3.57 Å². The second kappa shape index (κ2) is 5.66. The molecule has 1 aromatic heterocycles. The molecule has 0 radical (unpaired) electrons. The van der Waals surface area contributed by atoms with Crippen LogP contribution in [0.1, 0.15) is 24.5 Å². The molecule has 1 N–H and O–H groups in total. The molecule has 3 nitrogen and oxygen atoms in total. The Hall–Kier alpha value is -0.590. The van der Waals surface area contributed by atoms with Gasteiger partial charge < -0.3 is 5.32 Å². The molecule has 3 rings (SSSR count). The number of halogens is 3. The first-order valence-corrected chi connectivity index (χ1v) is 8.14. The van der Waals surface area contributed by atoms with Crippen LogP contribution in [-0.4, -0.2) is 17.0 Å². The van der Waals surface area contributed by atoms with E-state index in [9.17, 15) is 0 Å². The van der Waals surface area contributed by atoms with Crippen LogP contribution in [0.5, 0.6) is 0 Å². The van der Waals surface area contributed by atoms with Gasteiger partial charge in [-0.3, -0.25) is 0 Å². The Kier molecular flexibility index (Phi) is 4.06.